The maximum Gasteiger partial charge on any atom is 0.180 e. The molecule has 1 aromatic heterocycles. The smallest absolute Gasteiger partial charge is 0.180 e. The van der Waals surface area contributed by atoms with Crippen LogP contribution >= 0.6 is 23.7 Å². The Morgan fingerprint density at radius 2 is 1.85 bits per heavy atom. The number of thiazole rings is 1. The molecular formula is C15H26ClN3S. The predicted octanol–water partition coefficient (Wildman–Crippen LogP) is 4.08. The van der Waals surface area contributed by atoms with Gasteiger partial charge in [-0.3, -0.25) is 4.90 Å². The van der Waals surface area contributed by atoms with Crippen LogP contribution in [0.15, 0.2) is 6.20 Å². The lowest BCUT2D eigenvalue weighted by Crippen LogP contribution is -2.27. The zero-order valence-electron chi connectivity index (χ0n) is 12.1. The second-order valence-corrected chi connectivity index (χ2v) is 7.50. The Hall–Kier alpha value is -0.320. The molecular weight excluding hydrogens is 290 g/mol. The monoisotopic (exact) mass is 315 g/mol. The fraction of sp³-hybridized carbons (Fsp3) is 0.800. The molecule has 1 spiro atoms. The molecule has 0 bridgehead atoms. The van der Waals surface area contributed by atoms with Crippen molar-refractivity contribution in [1.82, 2.24) is 9.88 Å². The van der Waals surface area contributed by atoms with Gasteiger partial charge in [-0.25, -0.2) is 4.98 Å². The van der Waals surface area contributed by atoms with Gasteiger partial charge in [0.05, 0.1) is 0 Å². The molecule has 1 aromatic rings. The Morgan fingerprint density at radius 3 is 2.55 bits per heavy atom. The van der Waals surface area contributed by atoms with Crippen molar-refractivity contribution >= 4 is 28.9 Å². The van der Waals surface area contributed by atoms with Gasteiger partial charge in [-0.15, -0.1) is 23.7 Å². The number of nitrogens with two attached hydrogens (primary N) is 1. The van der Waals surface area contributed by atoms with Gasteiger partial charge >= 0.3 is 0 Å². The maximum absolute atomic E-state index is 5.72. The normalized spacial score (nSPS) is 23.2. The first-order valence-corrected chi connectivity index (χ1v) is 8.50. The molecule has 1 saturated carbocycles. The second-order valence-electron chi connectivity index (χ2n) is 6.36. The molecule has 2 aliphatic rings. The SMILES string of the molecule is Cl.Nc1ncc(CN2CCCC3(CCCCC3)CC2)s1. The molecule has 2 heterocycles. The Morgan fingerprint density at radius 1 is 1.10 bits per heavy atom. The van der Waals surface area contributed by atoms with Crippen molar-refractivity contribution in [3.8, 4) is 0 Å². The summed E-state index contributed by atoms with van der Waals surface area (Å²) < 4.78 is 0. The van der Waals surface area contributed by atoms with Crippen LogP contribution in [-0.4, -0.2) is 23.0 Å². The molecule has 0 atom stereocenters. The van der Waals surface area contributed by atoms with Crippen LogP contribution in [0.1, 0.15) is 56.2 Å². The third-order valence-electron chi connectivity index (χ3n) is 5.00. The molecule has 0 unspecified atom stereocenters. The summed E-state index contributed by atoms with van der Waals surface area (Å²) in [7, 11) is 0. The van der Waals surface area contributed by atoms with E-state index >= 15 is 0 Å². The van der Waals surface area contributed by atoms with E-state index < -0.39 is 0 Å². The first-order chi connectivity index (χ1) is 9.26. The van der Waals surface area contributed by atoms with Crippen LogP contribution in [0.2, 0.25) is 0 Å². The van der Waals surface area contributed by atoms with E-state index in [-0.39, 0.29) is 12.4 Å². The molecule has 1 saturated heterocycles. The van der Waals surface area contributed by atoms with Crippen LogP contribution in [0.5, 0.6) is 0 Å². The van der Waals surface area contributed by atoms with E-state index in [1.165, 1.54) is 69.3 Å². The van der Waals surface area contributed by atoms with Crippen molar-refractivity contribution in [1.29, 1.82) is 0 Å². The number of hydrogen-bond donors (Lipinski definition) is 1. The Balaban J connectivity index is 0.00000147. The minimum Gasteiger partial charge on any atom is -0.375 e. The van der Waals surface area contributed by atoms with E-state index in [0.717, 1.165) is 6.54 Å². The topological polar surface area (TPSA) is 42.1 Å². The van der Waals surface area contributed by atoms with Crippen LogP contribution in [-0.2, 0) is 6.54 Å². The summed E-state index contributed by atoms with van der Waals surface area (Å²) in [5.74, 6) is 0. The van der Waals surface area contributed by atoms with E-state index in [1.54, 1.807) is 11.3 Å². The highest BCUT2D eigenvalue weighted by molar-refractivity contribution is 7.15. The van der Waals surface area contributed by atoms with E-state index in [9.17, 15) is 0 Å². The van der Waals surface area contributed by atoms with Gasteiger partial charge in [-0.05, 0) is 50.6 Å². The first kappa shape index (κ1) is 16.1. The van der Waals surface area contributed by atoms with Crippen LogP contribution in [0.3, 0.4) is 0 Å². The van der Waals surface area contributed by atoms with Gasteiger partial charge in [0, 0.05) is 17.6 Å². The molecule has 114 valence electrons. The summed E-state index contributed by atoms with van der Waals surface area (Å²) in [4.78, 5) is 8.08. The molecule has 0 aromatic carbocycles. The van der Waals surface area contributed by atoms with Crippen molar-refractivity contribution in [3.63, 3.8) is 0 Å². The fourth-order valence-electron chi connectivity index (χ4n) is 3.89. The Kier molecular flexibility index (Phi) is 5.70. The van der Waals surface area contributed by atoms with E-state index in [1.807, 2.05) is 6.20 Å². The highest BCUT2D eigenvalue weighted by Crippen LogP contribution is 2.44. The summed E-state index contributed by atoms with van der Waals surface area (Å²) >= 11 is 1.64. The van der Waals surface area contributed by atoms with Crippen molar-refractivity contribution < 1.29 is 0 Å². The number of aromatic nitrogens is 1. The summed E-state index contributed by atoms with van der Waals surface area (Å²) in [5, 5.41) is 0.702. The summed E-state index contributed by atoms with van der Waals surface area (Å²) in [6.07, 6.45) is 13.5. The molecule has 3 nitrogen and oxygen atoms in total. The standard InChI is InChI=1S/C15H25N3S.ClH/c16-14-17-11-13(19-14)12-18-9-4-7-15(8-10-18)5-2-1-3-6-15;/h11H,1-10,12H2,(H2,16,17);1H. The maximum atomic E-state index is 5.72. The van der Waals surface area contributed by atoms with Crippen molar-refractivity contribution in [2.45, 2.75) is 57.9 Å². The molecule has 3 rings (SSSR count). The number of anilines is 1. The minimum absolute atomic E-state index is 0. The molecule has 0 amide bonds. The van der Waals surface area contributed by atoms with Crippen molar-refractivity contribution in [3.05, 3.63) is 11.1 Å². The minimum atomic E-state index is 0. The van der Waals surface area contributed by atoms with Crippen molar-refractivity contribution in [2.75, 3.05) is 18.8 Å². The fourth-order valence-corrected chi connectivity index (χ4v) is 4.61. The number of nitrogen functional groups attached to an aromatic ring is 1. The van der Waals surface area contributed by atoms with Gasteiger partial charge < -0.3 is 5.73 Å². The third-order valence-corrected chi connectivity index (χ3v) is 5.82. The lowest BCUT2D eigenvalue weighted by Gasteiger charge is -2.36. The first-order valence-electron chi connectivity index (χ1n) is 7.68. The highest BCUT2D eigenvalue weighted by atomic mass is 35.5. The molecule has 5 heteroatoms. The van der Waals surface area contributed by atoms with Gasteiger partial charge in [0.1, 0.15) is 0 Å². The highest BCUT2D eigenvalue weighted by Gasteiger charge is 2.33. The van der Waals surface area contributed by atoms with Crippen LogP contribution in [0, 0.1) is 5.41 Å². The average Bonchev–Trinajstić information content (AvgIpc) is 2.73. The summed E-state index contributed by atoms with van der Waals surface area (Å²) in [6.45, 7) is 3.56. The average molecular weight is 316 g/mol. The third kappa shape index (κ3) is 3.86. The lowest BCUT2D eigenvalue weighted by molar-refractivity contribution is 0.157. The summed E-state index contributed by atoms with van der Waals surface area (Å²) in [6, 6.07) is 0. The Bertz CT molecular complexity index is 415. The molecule has 2 N–H and O–H groups in total. The van der Waals surface area contributed by atoms with Gasteiger partial charge in [0.25, 0.3) is 0 Å². The molecule has 1 aliphatic heterocycles. The predicted molar refractivity (Wildman–Crippen MR) is 88.4 cm³/mol. The summed E-state index contributed by atoms with van der Waals surface area (Å²) in [5.41, 5.74) is 6.41. The Labute approximate surface area is 132 Å². The largest absolute Gasteiger partial charge is 0.375 e. The number of nitrogens with zero attached hydrogens (tertiary/aromatic N) is 2. The number of hydrogen-bond acceptors (Lipinski definition) is 4. The van der Waals surface area contributed by atoms with Crippen LogP contribution in [0.4, 0.5) is 5.13 Å². The van der Waals surface area contributed by atoms with Gasteiger partial charge in [0.2, 0.25) is 0 Å². The van der Waals surface area contributed by atoms with Gasteiger partial charge in [-0.2, -0.15) is 0 Å². The zero-order valence-corrected chi connectivity index (χ0v) is 13.8. The molecule has 2 fully saturated rings. The van der Waals surface area contributed by atoms with Gasteiger partial charge in [0.15, 0.2) is 5.13 Å². The van der Waals surface area contributed by atoms with Crippen molar-refractivity contribution in [2.24, 2.45) is 5.41 Å². The molecule has 20 heavy (non-hydrogen) atoms. The second kappa shape index (κ2) is 7.10. The molecule has 0 radical (unpaired) electrons. The number of rotatable bonds is 2. The number of halogens is 1. The van der Waals surface area contributed by atoms with E-state index in [4.69, 9.17) is 5.73 Å². The molecule has 1 aliphatic carbocycles. The number of likely N-dealkylation sites (tertiary alicyclic amines) is 1. The lowest BCUT2D eigenvalue weighted by atomic mass is 9.69. The van der Waals surface area contributed by atoms with E-state index in [0.29, 0.717) is 10.5 Å². The van der Waals surface area contributed by atoms with Gasteiger partial charge in [-0.1, -0.05) is 19.3 Å². The van der Waals surface area contributed by atoms with E-state index in [2.05, 4.69) is 9.88 Å². The van der Waals surface area contributed by atoms with Crippen LogP contribution < -0.4 is 5.73 Å². The van der Waals surface area contributed by atoms with Crippen LogP contribution in [0.25, 0.3) is 0 Å². The quantitative estimate of drug-likeness (QED) is 0.894. The zero-order chi connectivity index (χ0) is 13.1.